The number of hydrogen-bond donors (Lipinski definition) is 3. The van der Waals surface area contributed by atoms with E-state index in [4.69, 9.17) is 11.1 Å². The van der Waals surface area contributed by atoms with E-state index < -0.39 is 0 Å². The van der Waals surface area contributed by atoms with Gasteiger partial charge in [-0.2, -0.15) is 0 Å². The Labute approximate surface area is 82.6 Å². The van der Waals surface area contributed by atoms with E-state index in [-0.39, 0.29) is 11.9 Å². The third-order valence-corrected chi connectivity index (χ3v) is 1.79. The summed E-state index contributed by atoms with van der Waals surface area (Å²) >= 11 is 0. The summed E-state index contributed by atoms with van der Waals surface area (Å²) in [6.07, 6.45) is 0.832. The zero-order valence-electron chi connectivity index (χ0n) is 7.95. The lowest BCUT2D eigenvalue weighted by atomic mass is 10.2. The number of nitrogens with one attached hydrogen (secondary N) is 2. The zero-order valence-corrected chi connectivity index (χ0v) is 7.95. The molecule has 0 spiro atoms. The summed E-state index contributed by atoms with van der Waals surface area (Å²) < 4.78 is 0. The van der Waals surface area contributed by atoms with Gasteiger partial charge < -0.3 is 15.8 Å². The number of anilines is 1. The molecule has 0 aliphatic heterocycles. The van der Waals surface area contributed by atoms with Gasteiger partial charge in [-0.05, 0) is 31.2 Å². The average Bonchev–Trinajstić information content (AvgIpc) is 2.18. The van der Waals surface area contributed by atoms with Crippen LogP contribution >= 0.6 is 0 Å². The standard InChI is InChI=1S/C10H13N3O/c1-7(6-14)13-9-4-2-8(3-5-9)10(11)12/h2-7,13H,1H3,(H3,11,12)/t7-/m0/s1. The fraction of sp³-hybridized carbons (Fsp3) is 0.200. The molecule has 1 atom stereocenters. The monoisotopic (exact) mass is 191 g/mol. The average molecular weight is 191 g/mol. The summed E-state index contributed by atoms with van der Waals surface area (Å²) in [5.41, 5.74) is 6.82. The molecule has 1 aromatic carbocycles. The molecule has 14 heavy (non-hydrogen) atoms. The van der Waals surface area contributed by atoms with Gasteiger partial charge in [-0.3, -0.25) is 5.41 Å². The van der Waals surface area contributed by atoms with E-state index in [1.54, 1.807) is 31.2 Å². The fourth-order valence-electron chi connectivity index (χ4n) is 1.04. The van der Waals surface area contributed by atoms with Gasteiger partial charge in [-0.1, -0.05) is 0 Å². The van der Waals surface area contributed by atoms with Crippen molar-refractivity contribution in [2.24, 2.45) is 5.73 Å². The summed E-state index contributed by atoms with van der Waals surface area (Å²) in [5, 5.41) is 10.2. The second kappa shape index (κ2) is 4.41. The molecule has 0 unspecified atom stereocenters. The molecule has 4 nitrogen and oxygen atoms in total. The third kappa shape index (κ3) is 2.58. The van der Waals surface area contributed by atoms with E-state index in [1.807, 2.05) is 0 Å². The third-order valence-electron chi connectivity index (χ3n) is 1.79. The lowest BCUT2D eigenvalue weighted by molar-refractivity contribution is -0.108. The van der Waals surface area contributed by atoms with Crippen LogP contribution in [0.25, 0.3) is 0 Å². The van der Waals surface area contributed by atoms with Gasteiger partial charge in [0.25, 0.3) is 0 Å². The van der Waals surface area contributed by atoms with E-state index in [0.717, 1.165) is 12.0 Å². The molecule has 0 radical (unpaired) electrons. The van der Waals surface area contributed by atoms with Gasteiger partial charge in [0.2, 0.25) is 0 Å². The second-order valence-corrected chi connectivity index (χ2v) is 3.06. The first-order chi connectivity index (χ1) is 6.63. The number of aldehydes is 1. The molecule has 0 saturated carbocycles. The molecule has 1 rings (SSSR count). The first-order valence-electron chi connectivity index (χ1n) is 4.30. The van der Waals surface area contributed by atoms with E-state index in [9.17, 15) is 4.79 Å². The highest BCUT2D eigenvalue weighted by molar-refractivity contribution is 5.95. The molecule has 1 aromatic rings. The van der Waals surface area contributed by atoms with Gasteiger partial charge in [0.05, 0.1) is 6.04 Å². The maximum atomic E-state index is 10.4. The lowest BCUT2D eigenvalue weighted by Crippen LogP contribution is -2.16. The Hall–Kier alpha value is -1.84. The van der Waals surface area contributed by atoms with Crippen LogP contribution < -0.4 is 11.1 Å². The maximum absolute atomic E-state index is 10.4. The largest absolute Gasteiger partial charge is 0.384 e. The second-order valence-electron chi connectivity index (χ2n) is 3.06. The van der Waals surface area contributed by atoms with Gasteiger partial charge >= 0.3 is 0 Å². The van der Waals surface area contributed by atoms with Crippen LogP contribution in [0.1, 0.15) is 12.5 Å². The molecule has 0 aliphatic carbocycles. The van der Waals surface area contributed by atoms with Crippen LogP contribution in [0.2, 0.25) is 0 Å². The SMILES string of the molecule is C[C@@H](C=O)Nc1ccc(C(=N)N)cc1. The van der Waals surface area contributed by atoms with E-state index >= 15 is 0 Å². The van der Waals surface area contributed by atoms with Gasteiger partial charge in [-0.15, -0.1) is 0 Å². The Bertz CT molecular complexity index is 332. The minimum absolute atomic E-state index is 0.0417. The number of carbonyl (C=O) groups excluding carboxylic acids is 1. The maximum Gasteiger partial charge on any atom is 0.141 e. The van der Waals surface area contributed by atoms with Crippen molar-refractivity contribution in [1.82, 2.24) is 0 Å². The van der Waals surface area contributed by atoms with Crippen LogP contribution in [0.5, 0.6) is 0 Å². The van der Waals surface area contributed by atoms with Crippen molar-refractivity contribution in [3.05, 3.63) is 29.8 Å². The highest BCUT2D eigenvalue weighted by atomic mass is 16.1. The summed E-state index contributed by atoms with van der Waals surface area (Å²) in [5.74, 6) is 0.0417. The number of carbonyl (C=O) groups is 1. The molecule has 74 valence electrons. The molecular formula is C10H13N3O. The Morgan fingerprint density at radius 3 is 2.50 bits per heavy atom. The van der Waals surface area contributed by atoms with E-state index in [0.29, 0.717) is 5.56 Å². The number of benzene rings is 1. The van der Waals surface area contributed by atoms with Crippen LogP contribution in [0, 0.1) is 5.41 Å². The molecule has 0 fully saturated rings. The highest BCUT2D eigenvalue weighted by Crippen LogP contribution is 2.09. The molecule has 4 heteroatoms. The topological polar surface area (TPSA) is 79.0 Å². The Balaban J connectivity index is 2.73. The van der Waals surface area contributed by atoms with Crippen LogP contribution in [0.3, 0.4) is 0 Å². The molecule has 0 aromatic heterocycles. The molecule has 0 amide bonds. The van der Waals surface area contributed by atoms with Gasteiger partial charge in [-0.25, -0.2) is 0 Å². The minimum atomic E-state index is -0.210. The number of nitrogen functional groups attached to an aromatic ring is 1. The van der Waals surface area contributed by atoms with Crippen molar-refractivity contribution < 1.29 is 4.79 Å². The minimum Gasteiger partial charge on any atom is -0.384 e. The number of hydrogen-bond acceptors (Lipinski definition) is 3. The fourth-order valence-corrected chi connectivity index (χ4v) is 1.04. The van der Waals surface area contributed by atoms with Gasteiger partial charge in [0.1, 0.15) is 12.1 Å². The number of rotatable bonds is 4. The van der Waals surface area contributed by atoms with Crippen LogP contribution in [-0.4, -0.2) is 18.2 Å². The molecule has 0 saturated heterocycles. The van der Waals surface area contributed by atoms with Crippen LogP contribution in [-0.2, 0) is 4.79 Å². The molecule has 0 aliphatic rings. The number of nitrogens with two attached hydrogens (primary N) is 1. The van der Waals surface area contributed by atoms with Crippen LogP contribution in [0.4, 0.5) is 5.69 Å². The summed E-state index contributed by atoms with van der Waals surface area (Å²) in [7, 11) is 0. The summed E-state index contributed by atoms with van der Waals surface area (Å²) in [6, 6.07) is 6.84. The van der Waals surface area contributed by atoms with Crippen molar-refractivity contribution in [3.63, 3.8) is 0 Å². The predicted octanol–water partition coefficient (Wildman–Crippen LogP) is 0.970. The van der Waals surface area contributed by atoms with E-state index in [1.165, 1.54) is 0 Å². The van der Waals surface area contributed by atoms with Gasteiger partial charge in [0, 0.05) is 11.3 Å². The Kier molecular flexibility index (Phi) is 3.23. The molecular weight excluding hydrogens is 178 g/mol. The van der Waals surface area contributed by atoms with E-state index in [2.05, 4.69) is 5.32 Å². The van der Waals surface area contributed by atoms with Crippen molar-refractivity contribution in [1.29, 1.82) is 5.41 Å². The quantitative estimate of drug-likeness (QED) is 0.377. The normalized spacial score (nSPS) is 11.8. The lowest BCUT2D eigenvalue weighted by Gasteiger charge is -2.08. The van der Waals surface area contributed by atoms with Crippen molar-refractivity contribution >= 4 is 17.8 Å². The van der Waals surface area contributed by atoms with Crippen molar-refractivity contribution in [3.8, 4) is 0 Å². The molecule has 4 N–H and O–H groups in total. The Morgan fingerprint density at radius 2 is 2.07 bits per heavy atom. The van der Waals surface area contributed by atoms with Crippen LogP contribution in [0.15, 0.2) is 24.3 Å². The summed E-state index contributed by atoms with van der Waals surface area (Å²) in [6.45, 7) is 1.77. The first kappa shape index (κ1) is 10.2. The number of amidine groups is 1. The predicted molar refractivity (Wildman–Crippen MR) is 56.6 cm³/mol. The Morgan fingerprint density at radius 1 is 1.50 bits per heavy atom. The smallest absolute Gasteiger partial charge is 0.141 e. The van der Waals surface area contributed by atoms with Crippen molar-refractivity contribution in [2.75, 3.05) is 5.32 Å². The highest BCUT2D eigenvalue weighted by Gasteiger charge is 2.00. The molecule has 0 heterocycles. The van der Waals surface area contributed by atoms with Gasteiger partial charge in [0.15, 0.2) is 0 Å². The van der Waals surface area contributed by atoms with Crippen molar-refractivity contribution in [2.45, 2.75) is 13.0 Å². The molecule has 0 bridgehead atoms. The zero-order chi connectivity index (χ0) is 10.6. The summed E-state index contributed by atoms with van der Waals surface area (Å²) in [4.78, 5) is 10.4. The first-order valence-corrected chi connectivity index (χ1v) is 4.30.